The highest BCUT2D eigenvalue weighted by Gasteiger charge is 2.31. The quantitative estimate of drug-likeness (QED) is 0.0992. The van der Waals surface area contributed by atoms with Gasteiger partial charge in [-0.1, -0.05) is 75.5 Å². The first-order valence-corrected chi connectivity index (χ1v) is 24.3. The minimum atomic E-state index is -4.73. The number of benzene rings is 8. The molecule has 26 heteroatoms. The Balaban J connectivity index is 0.000000135. The molecular formula is C58H39F9N12O5. The van der Waals surface area contributed by atoms with E-state index in [1.54, 1.807) is 97.3 Å². The fourth-order valence-electron chi connectivity index (χ4n) is 7.64. The second-order valence-electron chi connectivity index (χ2n) is 17.5. The van der Waals surface area contributed by atoms with Crippen molar-refractivity contribution >= 4 is 0 Å². The van der Waals surface area contributed by atoms with Gasteiger partial charge < -0.3 is 25.2 Å². The van der Waals surface area contributed by atoms with E-state index in [0.717, 1.165) is 29.8 Å². The minimum Gasteiger partial charge on any atom is -0.508 e. The first-order chi connectivity index (χ1) is 40.2. The number of hydrogen-bond donors (Lipinski definition) is 4. The number of aromatic hydroxyl groups is 4. The number of nitrogens with zero attached hydrogens (tertiary/aromatic N) is 12. The highest BCUT2D eigenvalue weighted by molar-refractivity contribution is 5.62. The molecule has 12 aromatic rings. The van der Waals surface area contributed by atoms with Gasteiger partial charge in [0.25, 0.3) is 0 Å². The van der Waals surface area contributed by atoms with Crippen LogP contribution in [-0.2, 0) is 6.18 Å². The van der Waals surface area contributed by atoms with Crippen molar-refractivity contribution in [3.8, 4) is 96.5 Å². The maximum atomic E-state index is 13.7. The van der Waals surface area contributed by atoms with Crippen LogP contribution in [-0.4, -0.2) is 86.8 Å². The third kappa shape index (κ3) is 14.5. The molecule has 4 N–H and O–H groups in total. The Kier molecular flexibility index (Phi) is 17.1. The van der Waals surface area contributed by atoms with Crippen LogP contribution in [0, 0.1) is 17.5 Å². The molecule has 4 heterocycles. The lowest BCUT2D eigenvalue weighted by Gasteiger charge is -2.08. The zero-order valence-corrected chi connectivity index (χ0v) is 42.7. The average Bonchev–Trinajstić information content (AvgIpc) is 4.27. The number of alkyl halides is 6. The molecule has 424 valence electrons. The SMILES string of the molecule is Oc1cccc(-n2cc(-c3ccc(F)cc3F)nn2)c1.Oc1ccccc1-n1cc(-c2ccc(C(F)(F)F)cc2)nn1.Oc1ccccc1-n1cc(-c2ccc(F)cc2)nn1.Oc1ccccc1-n1cc(-c2ccc(OC(F)(F)F)cc2)nn1. The molecule has 8 aromatic carbocycles. The second kappa shape index (κ2) is 25.0. The van der Waals surface area contributed by atoms with Gasteiger partial charge in [0.05, 0.1) is 36.0 Å². The van der Waals surface area contributed by atoms with Crippen molar-refractivity contribution in [2.24, 2.45) is 0 Å². The summed E-state index contributed by atoms with van der Waals surface area (Å²) in [5.74, 6) is -1.67. The normalized spacial score (nSPS) is 11.1. The highest BCUT2D eigenvalue weighted by Crippen LogP contribution is 2.32. The third-order valence-electron chi connectivity index (χ3n) is 11.7. The van der Waals surface area contributed by atoms with E-state index in [2.05, 4.69) is 46.0 Å². The molecule has 0 unspecified atom stereocenters. The first-order valence-electron chi connectivity index (χ1n) is 24.3. The van der Waals surface area contributed by atoms with Gasteiger partial charge in [0.15, 0.2) is 0 Å². The number of phenolic OH excluding ortho intramolecular Hbond substituents is 4. The molecule has 0 saturated heterocycles. The van der Waals surface area contributed by atoms with Gasteiger partial charge in [0.1, 0.15) is 86.0 Å². The summed E-state index contributed by atoms with van der Waals surface area (Å²) in [7, 11) is 0. The van der Waals surface area contributed by atoms with Crippen LogP contribution < -0.4 is 4.74 Å². The van der Waals surface area contributed by atoms with Gasteiger partial charge >= 0.3 is 12.5 Å². The van der Waals surface area contributed by atoms with Crippen LogP contribution in [0.15, 0.2) is 213 Å². The summed E-state index contributed by atoms with van der Waals surface area (Å²) in [6.07, 6.45) is -2.80. The van der Waals surface area contributed by atoms with Gasteiger partial charge in [-0.05, 0) is 121 Å². The molecule has 0 radical (unpaired) electrons. The summed E-state index contributed by atoms with van der Waals surface area (Å²) in [6, 6.07) is 45.6. The van der Waals surface area contributed by atoms with Crippen molar-refractivity contribution in [2.75, 3.05) is 0 Å². The van der Waals surface area contributed by atoms with Crippen molar-refractivity contribution in [1.82, 2.24) is 60.0 Å². The monoisotopic (exact) mass is 1150 g/mol. The van der Waals surface area contributed by atoms with Crippen LogP contribution >= 0.6 is 0 Å². The number of para-hydroxylation sites is 6. The van der Waals surface area contributed by atoms with E-state index < -0.39 is 29.7 Å². The second-order valence-corrected chi connectivity index (χ2v) is 17.5. The number of aromatic nitrogens is 12. The van der Waals surface area contributed by atoms with E-state index in [4.69, 9.17) is 0 Å². The Morgan fingerprint density at radius 3 is 1.21 bits per heavy atom. The van der Waals surface area contributed by atoms with Crippen LogP contribution in [0.25, 0.3) is 67.8 Å². The van der Waals surface area contributed by atoms with Crippen LogP contribution in [0.2, 0.25) is 0 Å². The maximum absolute atomic E-state index is 13.7. The van der Waals surface area contributed by atoms with Gasteiger partial charge in [-0.2, -0.15) is 13.2 Å². The van der Waals surface area contributed by atoms with Gasteiger partial charge in [-0.15, -0.1) is 33.6 Å². The number of halogens is 9. The number of ether oxygens (including phenoxy) is 1. The number of phenols is 4. The molecule has 4 aromatic heterocycles. The van der Waals surface area contributed by atoms with Gasteiger partial charge in [0, 0.05) is 34.4 Å². The number of hydrogen-bond acceptors (Lipinski definition) is 13. The Hall–Kier alpha value is -11.3. The lowest BCUT2D eigenvalue weighted by molar-refractivity contribution is -0.274. The molecule has 0 spiro atoms. The molecule has 0 bridgehead atoms. The molecule has 17 nitrogen and oxygen atoms in total. The van der Waals surface area contributed by atoms with Crippen molar-refractivity contribution in [3.05, 3.63) is 236 Å². The lowest BCUT2D eigenvalue weighted by atomic mass is 10.1. The maximum Gasteiger partial charge on any atom is 0.573 e. The average molecular weight is 1160 g/mol. The largest absolute Gasteiger partial charge is 0.573 e. The predicted octanol–water partition coefficient (Wildman–Crippen LogP) is 12.9. The smallest absolute Gasteiger partial charge is 0.508 e. The minimum absolute atomic E-state index is 0.0337. The zero-order chi connectivity index (χ0) is 59.5. The van der Waals surface area contributed by atoms with Crippen LogP contribution in [0.1, 0.15) is 5.56 Å². The summed E-state index contributed by atoms with van der Waals surface area (Å²) in [6.45, 7) is 0. The Labute approximate surface area is 468 Å². The Morgan fingerprint density at radius 1 is 0.381 bits per heavy atom. The molecule has 0 saturated carbocycles. The van der Waals surface area contributed by atoms with E-state index in [1.807, 2.05) is 0 Å². The lowest BCUT2D eigenvalue weighted by Crippen LogP contribution is -2.16. The summed E-state index contributed by atoms with van der Waals surface area (Å²) in [5.41, 5.74) is 5.07. The molecule has 0 aliphatic rings. The van der Waals surface area contributed by atoms with Crippen molar-refractivity contribution in [2.45, 2.75) is 12.5 Å². The van der Waals surface area contributed by atoms with Gasteiger partial charge in [0.2, 0.25) is 0 Å². The summed E-state index contributed by atoms with van der Waals surface area (Å²) in [4.78, 5) is 0. The standard InChI is InChI=1S/C15H10F3N3O2.C15H10F3N3O.C14H9F2N3O.C14H10FN3O/c16-15(17,18)23-11-7-5-10(6-8-11)12-9-21(20-19-12)13-3-1-2-4-14(13)22;16-15(17,18)11-7-5-10(6-8-11)12-9-21(20-19-12)13-3-1-2-4-14(13)22;15-9-4-5-12(13(16)6-9)14-8-19(18-17-14)10-2-1-3-11(20)7-10;15-11-7-5-10(6-8-11)12-9-18(17-16-12)13-3-1-2-4-14(13)19/h1-9,22H;1-9,22H;1-8,20H;1-9,19H. The third-order valence-corrected chi connectivity index (χ3v) is 11.7. The molecule has 84 heavy (non-hydrogen) atoms. The predicted molar refractivity (Wildman–Crippen MR) is 285 cm³/mol. The molecule has 0 fully saturated rings. The topological polar surface area (TPSA) is 213 Å². The fourth-order valence-corrected chi connectivity index (χ4v) is 7.64. The van der Waals surface area contributed by atoms with Crippen molar-refractivity contribution in [3.63, 3.8) is 0 Å². The molecule has 0 aliphatic carbocycles. The van der Waals surface area contributed by atoms with Crippen LogP contribution in [0.3, 0.4) is 0 Å². The summed E-state index contributed by atoms with van der Waals surface area (Å²) >= 11 is 0. The van der Waals surface area contributed by atoms with Gasteiger partial charge in [-0.3, -0.25) is 0 Å². The molecule has 0 amide bonds. The zero-order valence-electron chi connectivity index (χ0n) is 42.7. The first kappa shape index (κ1) is 57.4. The van der Waals surface area contributed by atoms with E-state index in [0.29, 0.717) is 51.0 Å². The van der Waals surface area contributed by atoms with E-state index in [9.17, 15) is 59.9 Å². The molecule has 12 rings (SSSR count). The number of rotatable bonds is 9. The van der Waals surface area contributed by atoms with Crippen molar-refractivity contribution < 1.29 is 64.7 Å². The molecule has 0 aliphatic heterocycles. The highest BCUT2D eigenvalue weighted by atomic mass is 19.4. The van der Waals surface area contributed by atoms with Gasteiger partial charge in [-0.25, -0.2) is 31.9 Å². The van der Waals surface area contributed by atoms with Crippen molar-refractivity contribution in [1.29, 1.82) is 0 Å². The van der Waals surface area contributed by atoms with E-state index in [1.165, 1.54) is 110 Å². The summed E-state index contributed by atoms with van der Waals surface area (Å²) < 4.78 is 123. The van der Waals surface area contributed by atoms with E-state index in [-0.39, 0.29) is 45.8 Å². The molecule has 0 atom stereocenters. The van der Waals surface area contributed by atoms with Crippen LogP contribution in [0.5, 0.6) is 28.7 Å². The van der Waals surface area contributed by atoms with E-state index >= 15 is 0 Å². The Bertz CT molecular complexity index is 4150. The van der Waals surface area contributed by atoms with Crippen LogP contribution in [0.4, 0.5) is 39.5 Å². The fraction of sp³-hybridized carbons (Fsp3) is 0.0345. The molecular weight excluding hydrogens is 1120 g/mol. The Morgan fingerprint density at radius 2 is 0.786 bits per heavy atom. The summed E-state index contributed by atoms with van der Waals surface area (Å²) in [5, 5.41) is 70.0.